The maximum absolute atomic E-state index is 12.6. The molecule has 0 spiro atoms. The lowest BCUT2D eigenvalue weighted by atomic mass is 10.2. The van der Waals surface area contributed by atoms with Crippen LogP contribution >= 0.6 is 11.6 Å². The zero-order valence-corrected chi connectivity index (χ0v) is 17.2. The molecule has 0 unspecified atom stereocenters. The summed E-state index contributed by atoms with van der Waals surface area (Å²) in [6.07, 6.45) is 1.30. The van der Waals surface area contributed by atoms with E-state index in [1.165, 1.54) is 25.5 Å². The minimum Gasteiger partial charge on any atom is -0.490 e. The smallest absolute Gasteiger partial charge is 0.311 e. The maximum atomic E-state index is 12.6. The molecule has 3 aromatic rings. The number of para-hydroxylation sites is 1. The van der Waals surface area contributed by atoms with E-state index in [9.17, 15) is 14.9 Å². The van der Waals surface area contributed by atoms with Crippen LogP contribution in [0.2, 0.25) is 5.02 Å². The standard InChI is InChI=1S/C22H18ClN3O5/c1-30-21-11-10-15(12-19(21)26(28)29)13-24-25-22(27)17-7-3-5-9-20(17)31-14-16-6-2-4-8-18(16)23/h2-13H,14H2,1H3,(H,25,27)/b24-13+. The summed E-state index contributed by atoms with van der Waals surface area (Å²) in [6, 6.07) is 18.3. The first-order valence-corrected chi connectivity index (χ1v) is 9.48. The number of methoxy groups -OCH3 is 1. The first kappa shape index (κ1) is 21.8. The molecule has 158 valence electrons. The zero-order chi connectivity index (χ0) is 22.2. The average Bonchev–Trinajstić information content (AvgIpc) is 2.78. The van der Waals surface area contributed by atoms with Gasteiger partial charge < -0.3 is 9.47 Å². The molecule has 3 rings (SSSR count). The minimum atomic E-state index is -0.554. The number of nitrogens with one attached hydrogen (secondary N) is 1. The molecule has 0 radical (unpaired) electrons. The molecular weight excluding hydrogens is 422 g/mol. The van der Waals surface area contributed by atoms with Crippen molar-refractivity contribution in [2.75, 3.05) is 7.11 Å². The molecule has 31 heavy (non-hydrogen) atoms. The maximum Gasteiger partial charge on any atom is 0.311 e. The summed E-state index contributed by atoms with van der Waals surface area (Å²) in [6.45, 7) is 0.197. The fraction of sp³-hybridized carbons (Fsp3) is 0.0909. The highest BCUT2D eigenvalue weighted by atomic mass is 35.5. The van der Waals surface area contributed by atoms with Crippen LogP contribution in [0.3, 0.4) is 0 Å². The molecule has 0 fully saturated rings. The quantitative estimate of drug-likeness (QED) is 0.314. The number of ether oxygens (including phenoxy) is 2. The van der Waals surface area contributed by atoms with Gasteiger partial charge in [-0.1, -0.05) is 41.9 Å². The van der Waals surface area contributed by atoms with E-state index >= 15 is 0 Å². The largest absolute Gasteiger partial charge is 0.490 e. The normalized spacial score (nSPS) is 10.6. The first-order chi connectivity index (χ1) is 15.0. The Bertz CT molecular complexity index is 1130. The van der Waals surface area contributed by atoms with Gasteiger partial charge in [0.1, 0.15) is 12.4 Å². The molecule has 0 saturated heterocycles. The molecule has 0 aliphatic carbocycles. The predicted octanol–water partition coefficient (Wildman–Crippen LogP) is 4.60. The van der Waals surface area contributed by atoms with Crippen molar-refractivity contribution in [3.8, 4) is 11.5 Å². The number of carbonyl (C=O) groups is 1. The third kappa shape index (κ3) is 5.58. The fourth-order valence-electron chi connectivity index (χ4n) is 2.71. The number of amides is 1. The Kier molecular flexibility index (Phi) is 7.18. The Labute approximate surface area is 183 Å². The van der Waals surface area contributed by atoms with Crippen molar-refractivity contribution in [1.29, 1.82) is 0 Å². The van der Waals surface area contributed by atoms with Gasteiger partial charge in [-0.2, -0.15) is 5.10 Å². The van der Waals surface area contributed by atoms with E-state index in [-0.39, 0.29) is 23.6 Å². The lowest BCUT2D eigenvalue weighted by Gasteiger charge is -2.11. The van der Waals surface area contributed by atoms with Crippen LogP contribution in [0.5, 0.6) is 11.5 Å². The Morgan fingerprint density at radius 3 is 2.61 bits per heavy atom. The summed E-state index contributed by atoms with van der Waals surface area (Å²) in [7, 11) is 1.35. The topological polar surface area (TPSA) is 103 Å². The molecule has 0 aliphatic rings. The van der Waals surface area contributed by atoms with Gasteiger partial charge in [-0.05, 0) is 30.3 Å². The number of hydrogen-bond acceptors (Lipinski definition) is 6. The van der Waals surface area contributed by atoms with Crippen LogP contribution < -0.4 is 14.9 Å². The van der Waals surface area contributed by atoms with Gasteiger partial charge in [-0.3, -0.25) is 14.9 Å². The number of nitro groups is 1. The van der Waals surface area contributed by atoms with E-state index in [0.717, 1.165) is 5.56 Å². The Balaban J connectivity index is 1.69. The van der Waals surface area contributed by atoms with E-state index in [0.29, 0.717) is 16.3 Å². The summed E-state index contributed by atoms with van der Waals surface area (Å²) in [4.78, 5) is 23.1. The van der Waals surface area contributed by atoms with Crippen LogP contribution in [0.4, 0.5) is 5.69 Å². The van der Waals surface area contributed by atoms with Crippen molar-refractivity contribution in [3.05, 3.63) is 98.6 Å². The highest BCUT2D eigenvalue weighted by Gasteiger charge is 2.15. The van der Waals surface area contributed by atoms with E-state index in [4.69, 9.17) is 21.1 Å². The monoisotopic (exact) mass is 439 g/mol. The van der Waals surface area contributed by atoms with Crippen LogP contribution in [0, 0.1) is 10.1 Å². The molecule has 0 saturated carbocycles. The lowest BCUT2D eigenvalue weighted by molar-refractivity contribution is -0.385. The van der Waals surface area contributed by atoms with Gasteiger partial charge in [0.25, 0.3) is 5.91 Å². The molecule has 0 heterocycles. The predicted molar refractivity (Wildman–Crippen MR) is 117 cm³/mol. The number of carbonyl (C=O) groups excluding carboxylic acids is 1. The second kappa shape index (κ2) is 10.2. The van der Waals surface area contributed by atoms with Gasteiger partial charge in [0, 0.05) is 22.2 Å². The van der Waals surface area contributed by atoms with Gasteiger partial charge in [-0.25, -0.2) is 5.43 Å². The number of rotatable bonds is 8. The average molecular weight is 440 g/mol. The van der Waals surface area contributed by atoms with Crippen molar-refractivity contribution in [3.63, 3.8) is 0 Å². The molecular formula is C22H18ClN3O5. The number of halogens is 1. The number of hydrazone groups is 1. The second-order valence-corrected chi connectivity index (χ2v) is 6.67. The number of nitrogens with zero attached hydrogens (tertiary/aromatic N) is 2. The van der Waals surface area contributed by atoms with Gasteiger partial charge >= 0.3 is 5.69 Å². The molecule has 9 heteroatoms. The summed E-state index contributed by atoms with van der Waals surface area (Å²) in [5, 5.41) is 15.6. The first-order valence-electron chi connectivity index (χ1n) is 9.10. The summed E-state index contributed by atoms with van der Waals surface area (Å²) in [5.41, 5.74) is 3.70. The molecule has 0 aromatic heterocycles. The van der Waals surface area contributed by atoms with Crippen LogP contribution in [-0.2, 0) is 6.61 Å². The van der Waals surface area contributed by atoms with E-state index in [1.807, 2.05) is 18.2 Å². The van der Waals surface area contributed by atoms with Crippen LogP contribution in [-0.4, -0.2) is 24.2 Å². The van der Waals surface area contributed by atoms with Gasteiger partial charge in [-0.15, -0.1) is 0 Å². The highest BCUT2D eigenvalue weighted by Crippen LogP contribution is 2.27. The van der Waals surface area contributed by atoms with E-state index in [2.05, 4.69) is 10.5 Å². The third-order valence-corrected chi connectivity index (χ3v) is 4.62. The molecule has 0 atom stereocenters. The van der Waals surface area contributed by atoms with Gasteiger partial charge in [0.2, 0.25) is 0 Å². The zero-order valence-electron chi connectivity index (χ0n) is 16.4. The third-order valence-electron chi connectivity index (χ3n) is 4.25. The molecule has 3 aromatic carbocycles. The fourth-order valence-corrected chi connectivity index (χ4v) is 2.90. The minimum absolute atomic E-state index is 0.135. The lowest BCUT2D eigenvalue weighted by Crippen LogP contribution is -2.18. The van der Waals surface area contributed by atoms with Crippen molar-refractivity contribution < 1.29 is 19.2 Å². The van der Waals surface area contributed by atoms with Crippen LogP contribution in [0.1, 0.15) is 21.5 Å². The number of nitro benzene ring substituents is 1. The molecule has 0 bridgehead atoms. The second-order valence-electron chi connectivity index (χ2n) is 6.26. The molecule has 1 N–H and O–H groups in total. The van der Waals surface area contributed by atoms with Gasteiger partial charge in [0.05, 0.1) is 23.8 Å². The molecule has 8 nitrogen and oxygen atoms in total. The Morgan fingerprint density at radius 1 is 1.13 bits per heavy atom. The van der Waals surface area contributed by atoms with Crippen molar-refractivity contribution in [2.45, 2.75) is 6.61 Å². The Morgan fingerprint density at radius 2 is 1.87 bits per heavy atom. The number of hydrogen-bond donors (Lipinski definition) is 1. The Hall–Kier alpha value is -3.91. The molecule has 1 amide bonds. The van der Waals surface area contributed by atoms with Gasteiger partial charge in [0.15, 0.2) is 5.75 Å². The molecule has 0 aliphatic heterocycles. The van der Waals surface area contributed by atoms with Crippen LogP contribution in [0.15, 0.2) is 71.8 Å². The van der Waals surface area contributed by atoms with E-state index < -0.39 is 10.8 Å². The van der Waals surface area contributed by atoms with Crippen LogP contribution in [0.25, 0.3) is 0 Å². The van der Waals surface area contributed by atoms with Crippen molar-refractivity contribution in [1.82, 2.24) is 5.43 Å². The summed E-state index contributed by atoms with van der Waals surface area (Å²) in [5.74, 6) is 0.0139. The van der Waals surface area contributed by atoms with Crippen molar-refractivity contribution >= 4 is 29.4 Å². The summed E-state index contributed by atoms with van der Waals surface area (Å²) >= 11 is 6.14. The SMILES string of the molecule is COc1ccc(/C=N/NC(=O)c2ccccc2OCc2ccccc2Cl)cc1[N+](=O)[O-]. The summed E-state index contributed by atoms with van der Waals surface area (Å²) < 4.78 is 10.7. The number of benzene rings is 3. The van der Waals surface area contributed by atoms with E-state index in [1.54, 1.807) is 36.4 Å². The highest BCUT2D eigenvalue weighted by molar-refractivity contribution is 6.31. The van der Waals surface area contributed by atoms with Crippen molar-refractivity contribution in [2.24, 2.45) is 5.10 Å².